The quantitative estimate of drug-likeness (QED) is 0.0728. The number of allylic oxidation sites excluding steroid dienone is 17. The molecular weight excluding hydrogens is 901 g/mol. The van der Waals surface area contributed by atoms with Crippen molar-refractivity contribution in [2.45, 2.75) is 109 Å². The molecule has 0 N–H and O–H groups in total. The fraction of sp³-hybridized carbons (Fsp3) is 0.286. The summed E-state index contributed by atoms with van der Waals surface area (Å²) in [5, 5.41) is 2.23. The van der Waals surface area contributed by atoms with Gasteiger partial charge >= 0.3 is 0 Å². The molecule has 4 aromatic carbocycles. The van der Waals surface area contributed by atoms with Crippen LogP contribution in [0.3, 0.4) is 0 Å². The lowest BCUT2D eigenvalue weighted by Crippen LogP contribution is -2.23. The third-order valence-corrected chi connectivity index (χ3v) is 12.9. The molecule has 386 valence electrons. The second-order valence-electron chi connectivity index (χ2n) is 18.6. The summed E-state index contributed by atoms with van der Waals surface area (Å²) < 4.78 is 12.2. The molecule has 2 aliphatic rings. The van der Waals surface area contributed by atoms with Crippen LogP contribution in [-0.2, 0) is 11.2 Å². The van der Waals surface area contributed by atoms with Gasteiger partial charge in [-0.3, -0.25) is 0 Å². The third-order valence-electron chi connectivity index (χ3n) is 12.9. The van der Waals surface area contributed by atoms with Crippen molar-refractivity contribution < 1.29 is 9.15 Å². The van der Waals surface area contributed by atoms with Crippen LogP contribution in [0.4, 0.5) is 17.1 Å². The van der Waals surface area contributed by atoms with Crippen LogP contribution in [0.2, 0.25) is 0 Å². The molecule has 7 rings (SSSR count). The lowest BCUT2D eigenvalue weighted by molar-refractivity contribution is 0.226. The molecule has 0 radical (unpaired) electrons. The molecular formula is C70H84N2O2. The van der Waals surface area contributed by atoms with E-state index in [0.29, 0.717) is 6.61 Å². The summed E-state index contributed by atoms with van der Waals surface area (Å²) in [5.74, 6) is 0.728. The molecule has 4 heteroatoms. The highest BCUT2D eigenvalue weighted by molar-refractivity contribution is 6.11. The Morgan fingerprint density at radius 3 is 2.00 bits per heavy atom. The van der Waals surface area contributed by atoms with Crippen molar-refractivity contribution >= 4 is 51.2 Å². The number of furan rings is 1. The van der Waals surface area contributed by atoms with E-state index in [0.717, 1.165) is 73.6 Å². The highest BCUT2D eigenvalue weighted by Crippen LogP contribution is 2.48. The molecule has 0 fully saturated rings. The van der Waals surface area contributed by atoms with Crippen LogP contribution in [0.1, 0.15) is 124 Å². The summed E-state index contributed by atoms with van der Waals surface area (Å²) in [4.78, 5) is 4.85. The predicted octanol–water partition coefficient (Wildman–Crippen LogP) is 20.4. The maximum Gasteiger partial charge on any atom is 0.159 e. The van der Waals surface area contributed by atoms with Crippen molar-refractivity contribution in [2.24, 2.45) is 11.8 Å². The van der Waals surface area contributed by atoms with Crippen LogP contribution in [0, 0.1) is 31.6 Å². The van der Waals surface area contributed by atoms with Crippen LogP contribution in [-0.4, -0.2) is 18.6 Å². The van der Waals surface area contributed by atoms with Crippen LogP contribution in [0.15, 0.2) is 208 Å². The number of hydrogen-bond acceptors (Lipinski definition) is 4. The number of terminal acetylenes is 1. The molecule has 0 saturated carbocycles. The van der Waals surface area contributed by atoms with E-state index in [-0.39, 0.29) is 17.8 Å². The Balaban J connectivity index is 0.00000191. The number of anilines is 3. The lowest BCUT2D eigenvalue weighted by Gasteiger charge is -2.34. The molecule has 1 atom stereocenters. The first-order valence-corrected chi connectivity index (χ1v) is 26.6. The first-order valence-electron chi connectivity index (χ1n) is 26.6. The summed E-state index contributed by atoms with van der Waals surface area (Å²) >= 11 is 0. The number of benzene rings is 4. The zero-order valence-electron chi connectivity index (χ0n) is 47.4. The van der Waals surface area contributed by atoms with Crippen molar-refractivity contribution in [3.63, 3.8) is 0 Å². The average molecular weight is 985 g/mol. The van der Waals surface area contributed by atoms with Crippen molar-refractivity contribution in [1.29, 1.82) is 0 Å². The minimum absolute atomic E-state index is 0.204. The molecule has 5 aromatic rings. The van der Waals surface area contributed by atoms with Gasteiger partial charge in [-0.25, -0.2) is 0 Å². The first-order chi connectivity index (χ1) is 35.9. The van der Waals surface area contributed by atoms with Gasteiger partial charge in [0.05, 0.1) is 18.0 Å². The van der Waals surface area contributed by atoms with Gasteiger partial charge in [-0.05, 0) is 139 Å². The summed E-state index contributed by atoms with van der Waals surface area (Å²) in [5.41, 5.74) is 19.0. The molecule has 2 bridgehead atoms. The van der Waals surface area contributed by atoms with Crippen LogP contribution < -0.4 is 4.90 Å². The summed E-state index contributed by atoms with van der Waals surface area (Å²) in [7, 11) is 1.73. The second kappa shape index (κ2) is 29.4. The smallest absolute Gasteiger partial charge is 0.159 e. The van der Waals surface area contributed by atoms with E-state index in [9.17, 15) is 0 Å². The zero-order valence-corrected chi connectivity index (χ0v) is 47.4. The molecule has 0 aliphatic heterocycles. The maximum absolute atomic E-state index is 6.91. The van der Waals surface area contributed by atoms with Crippen LogP contribution >= 0.6 is 0 Å². The minimum Gasteiger partial charge on any atom is -0.454 e. The van der Waals surface area contributed by atoms with Gasteiger partial charge in [0.15, 0.2) is 5.58 Å². The standard InChI is InChI=1S/C64H70N2O2.2C2H6.C2H2/c1-13-24-50(14-2)65(51(15-3)29-20-19-25-45(8)26-21-27-46(9)42-67-12)61-40-57(43(4)5)47(10)35-37-54-59-39-49(61)36-38-53(59)58(44(6)7)41-62(54)66(52-30-17-16-18-31-52)60-34-23-33-56-55-32-22-28-48(11)63(55)68-64(56)60;3*1-2/h13-38,40-41,43-45H,10,39,42H2,1-9,11-12H3;2*1-2H3;1-2H/b24-13-,25-19+,26-21-,29-20-,37-35?,46-27-,50-14+,51-15+,57-40?,61-49?;;;. The van der Waals surface area contributed by atoms with Gasteiger partial charge in [0.1, 0.15) is 5.58 Å². The molecule has 74 heavy (non-hydrogen) atoms. The molecule has 4 nitrogen and oxygen atoms in total. The highest BCUT2D eigenvalue weighted by atomic mass is 16.5. The molecule has 2 aliphatic carbocycles. The van der Waals surface area contributed by atoms with Crippen molar-refractivity contribution in [2.75, 3.05) is 18.6 Å². The zero-order chi connectivity index (χ0) is 54.5. The van der Waals surface area contributed by atoms with Crippen LogP contribution in [0.25, 0.3) is 34.1 Å². The summed E-state index contributed by atoms with van der Waals surface area (Å²) in [6.45, 7) is 35.4. The van der Waals surface area contributed by atoms with E-state index >= 15 is 0 Å². The Labute approximate surface area is 447 Å². The first kappa shape index (κ1) is 59.2. The molecule has 0 saturated heterocycles. The number of hydrogen-bond donors (Lipinski definition) is 0. The molecule has 0 amide bonds. The van der Waals surface area contributed by atoms with Gasteiger partial charge in [0.2, 0.25) is 0 Å². The van der Waals surface area contributed by atoms with E-state index in [1.165, 1.54) is 39.0 Å². The van der Waals surface area contributed by atoms with E-state index in [4.69, 9.17) is 15.7 Å². The summed E-state index contributed by atoms with van der Waals surface area (Å²) in [6.07, 6.45) is 44.4. The maximum atomic E-state index is 6.91. The number of aryl methyl sites for hydroxylation is 1. The van der Waals surface area contributed by atoms with Gasteiger partial charge in [0, 0.05) is 52.6 Å². The lowest BCUT2D eigenvalue weighted by atomic mass is 9.80. The molecule has 1 heterocycles. The number of para-hydroxylation sites is 3. The Kier molecular flexibility index (Phi) is 23.5. The molecule has 1 aromatic heterocycles. The normalized spacial score (nSPS) is 14.4. The number of methoxy groups -OCH3 is 1. The fourth-order valence-electron chi connectivity index (χ4n) is 9.41. The van der Waals surface area contributed by atoms with Crippen molar-refractivity contribution in [1.82, 2.24) is 4.90 Å². The number of rotatable bonds is 16. The van der Waals surface area contributed by atoms with Crippen LogP contribution in [0.5, 0.6) is 0 Å². The predicted molar refractivity (Wildman–Crippen MR) is 327 cm³/mol. The van der Waals surface area contributed by atoms with Gasteiger partial charge < -0.3 is 19.0 Å². The SMILES string of the molecule is C#C.C=C1C=Cc2c(N(c3ccccc3)c3cccc4c3oc3c(C)cccc34)cc(C(C)C)c3c2CC(=C(N(C(/C=C\C)=C/C)C(/C=C\C=C\C(C)/C=C\C=C(\C)COC)=C/C)C=C1C(C)C)C=C3.CC.CC. The highest BCUT2D eigenvalue weighted by Gasteiger charge is 2.29. The fourth-order valence-corrected chi connectivity index (χ4v) is 9.41. The largest absolute Gasteiger partial charge is 0.454 e. The second-order valence-corrected chi connectivity index (χ2v) is 18.6. The number of ether oxygens (including phenoxy) is 1. The van der Waals surface area contributed by atoms with Crippen molar-refractivity contribution in [3.05, 3.63) is 232 Å². The van der Waals surface area contributed by atoms with Gasteiger partial charge in [-0.15, -0.1) is 12.8 Å². The minimum atomic E-state index is 0.204. The van der Waals surface area contributed by atoms with E-state index in [1.807, 2.05) is 27.7 Å². The van der Waals surface area contributed by atoms with Crippen molar-refractivity contribution in [3.8, 4) is 12.8 Å². The number of nitrogens with zero attached hydrogens (tertiary/aromatic N) is 2. The van der Waals surface area contributed by atoms with Gasteiger partial charge in [0.25, 0.3) is 0 Å². The molecule has 0 spiro atoms. The Morgan fingerprint density at radius 2 is 1.36 bits per heavy atom. The summed E-state index contributed by atoms with van der Waals surface area (Å²) in [6, 6.07) is 26.2. The van der Waals surface area contributed by atoms with E-state index < -0.39 is 0 Å². The topological polar surface area (TPSA) is 28.9 Å². The van der Waals surface area contributed by atoms with Gasteiger partial charge in [-0.2, -0.15) is 0 Å². The monoisotopic (exact) mass is 985 g/mol. The average Bonchev–Trinajstić information content (AvgIpc) is 3.81. The Bertz CT molecular complexity index is 3070. The number of fused-ring (bicyclic) bond motifs is 4. The van der Waals surface area contributed by atoms with E-state index in [2.05, 4.69) is 262 Å². The third kappa shape index (κ3) is 13.8. The van der Waals surface area contributed by atoms with Gasteiger partial charge in [-0.1, -0.05) is 196 Å². The van der Waals surface area contributed by atoms with E-state index in [1.54, 1.807) is 7.11 Å². The molecule has 1 unspecified atom stereocenters. The Hall–Kier alpha value is -7.32. The Morgan fingerprint density at radius 1 is 0.730 bits per heavy atom.